The van der Waals surface area contributed by atoms with E-state index in [0.717, 1.165) is 24.4 Å². The average molecular weight is 231 g/mol. The Morgan fingerprint density at radius 1 is 1.35 bits per heavy atom. The molecule has 1 saturated heterocycles. The molecule has 0 radical (unpaired) electrons. The van der Waals surface area contributed by atoms with Crippen LogP contribution in [0.1, 0.15) is 18.9 Å². The van der Waals surface area contributed by atoms with Crippen molar-refractivity contribution < 1.29 is 4.74 Å². The Bertz CT molecular complexity index is 514. The lowest BCUT2D eigenvalue weighted by atomic mass is 10.1. The van der Waals surface area contributed by atoms with Crippen LogP contribution in [0.2, 0.25) is 0 Å². The van der Waals surface area contributed by atoms with Crippen molar-refractivity contribution in [2.75, 3.05) is 20.2 Å². The third kappa shape index (κ3) is 1.89. The first kappa shape index (κ1) is 10.6. The van der Waals surface area contributed by atoms with E-state index < -0.39 is 0 Å². The van der Waals surface area contributed by atoms with Gasteiger partial charge in [0.2, 0.25) is 0 Å². The number of methoxy groups -OCH3 is 1. The van der Waals surface area contributed by atoms with Crippen LogP contribution in [0, 0.1) is 0 Å². The maximum Gasteiger partial charge on any atom is 0.121 e. The third-order valence-electron chi connectivity index (χ3n) is 3.48. The van der Waals surface area contributed by atoms with E-state index in [1.165, 1.54) is 18.4 Å². The number of piperidine rings is 1. The molecule has 0 aliphatic carbocycles. The molecule has 0 atom stereocenters. The molecule has 17 heavy (non-hydrogen) atoms. The maximum absolute atomic E-state index is 5.22. The SMILES string of the molecule is COc1ccc2c(c1)ncn2C1CCNCC1. The molecular formula is C13H17N3O. The second-order valence-electron chi connectivity index (χ2n) is 4.49. The predicted molar refractivity (Wildman–Crippen MR) is 67.4 cm³/mol. The lowest BCUT2D eigenvalue weighted by Gasteiger charge is -2.24. The lowest BCUT2D eigenvalue weighted by Crippen LogP contribution is -2.29. The van der Waals surface area contributed by atoms with Crippen LogP contribution in [0.5, 0.6) is 5.75 Å². The van der Waals surface area contributed by atoms with E-state index >= 15 is 0 Å². The molecule has 1 aliphatic heterocycles. The highest BCUT2D eigenvalue weighted by molar-refractivity contribution is 5.77. The molecule has 0 spiro atoms. The fraction of sp³-hybridized carbons (Fsp3) is 0.462. The van der Waals surface area contributed by atoms with Crippen molar-refractivity contribution in [3.8, 4) is 5.75 Å². The predicted octanol–water partition coefficient (Wildman–Crippen LogP) is 1.97. The van der Waals surface area contributed by atoms with E-state index in [9.17, 15) is 0 Å². The molecule has 0 amide bonds. The molecule has 2 heterocycles. The average Bonchev–Trinajstić information content (AvgIpc) is 2.82. The number of nitrogens with one attached hydrogen (secondary N) is 1. The number of aromatic nitrogens is 2. The van der Waals surface area contributed by atoms with E-state index in [2.05, 4.69) is 20.9 Å². The first-order valence-electron chi connectivity index (χ1n) is 6.10. The Balaban J connectivity index is 1.99. The Morgan fingerprint density at radius 3 is 2.94 bits per heavy atom. The zero-order valence-electron chi connectivity index (χ0n) is 10.0. The molecule has 1 fully saturated rings. The van der Waals surface area contributed by atoms with Gasteiger partial charge in [-0.15, -0.1) is 0 Å². The Hall–Kier alpha value is -1.55. The van der Waals surface area contributed by atoms with E-state index in [1.807, 2.05) is 18.5 Å². The minimum atomic E-state index is 0.578. The molecule has 4 heteroatoms. The second kappa shape index (κ2) is 4.37. The van der Waals surface area contributed by atoms with Crippen molar-refractivity contribution in [1.82, 2.24) is 14.9 Å². The van der Waals surface area contributed by atoms with Crippen LogP contribution in [-0.2, 0) is 0 Å². The van der Waals surface area contributed by atoms with Gasteiger partial charge in [-0.25, -0.2) is 4.98 Å². The number of hydrogen-bond donors (Lipinski definition) is 1. The van der Waals surface area contributed by atoms with Crippen molar-refractivity contribution >= 4 is 11.0 Å². The van der Waals surface area contributed by atoms with E-state index in [0.29, 0.717) is 6.04 Å². The van der Waals surface area contributed by atoms with Gasteiger partial charge in [-0.05, 0) is 38.1 Å². The van der Waals surface area contributed by atoms with Crippen LogP contribution in [0.4, 0.5) is 0 Å². The standard InChI is InChI=1S/C13H17N3O/c1-17-11-2-3-13-12(8-11)15-9-16(13)10-4-6-14-7-5-10/h2-3,8-10,14H,4-7H2,1H3. The van der Waals surface area contributed by atoms with Crippen LogP contribution in [0.3, 0.4) is 0 Å². The van der Waals surface area contributed by atoms with Crippen molar-refractivity contribution in [3.63, 3.8) is 0 Å². The molecule has 1 aromatic carbocycles. The van der Waals surface area contributed by atoms with Crippen molar-refractivity contribution in [2.45, 2.75) is 18.9 Å². The quantitative estimate of drug-likeness (QED) is 0.859. The smallest absolute Gasteiger partial charge is 0.121 e. The van der Waals surface area contributed by atoms with Crippen LogP contribution in [0.15, 0.2) is 24.5 Å². The van der Waals surface area contributed by atoms with Crippen molar-refractivity contribution in [2.24, 2.45) is 0 Å². The largest absolute Gasteiger partial charge is 0.497 e. The minimum Gasteiger partial charge on any atom is -0.497 e. The van der Waals surface area contributed by atoms with Gasteiger partial charge in [-0.1, -0.05) is 0 Å². The number of fused-ring (bicyclic) bond motifs is 1. The van der Waals surface area contributed by atoms with Gasteiger partial charge in [-0.2, -0.15) is 0 Å². The van der Waals surface area contributed by atoms with E-state index in [1.54, 1.807) is 7.11 Å². The van der Waals surface area contributed by atoms with Gasteiger partial charge in [0.15, 0.2) is 0 Å². The summed E-state index contributed by atoms with van der Waals surface area (Å²) < 4.78 is 7.52. The number of ether oxygens (including phenoxy) is 1. The van der Waals surface area contributed by atoms with Crippen LogP contribution in [0.25, 0.3) is 11.0 Å². The first-order valence-corrected chi connectivity index (χ1v) is 6.10. The highest BCUT2D eigenvalue weighted by Gasteiger charge is 2.16. The number of nitrogens with zero attached hydrogens (tertiary/aromatic N) is 2. The van der Waals surface area contributed by atoms with Gasteiger partial charge in [0.1, 0.15) is 5.75 Å². The summed E-state index contributed by atoms with van der Waals surface area (Å²) in [6.45, 7) is 2.20. The molecule has 0 bridgehead atoms. The van der Waals surface area contributed by atoms with Crippen molar-refractivity contribution in [1.29, 1.82) is 0 Å². The van der Waals surface area contributed by atoms with Gasteiger partial charge in [-0.3, -0.25) is 0 Å². The topological polar surface area (TPSA) is 39.1 Å². The summed E-state index contributed by atoms with van der Waals surface area (Å²) in [4.78, 5) is 4.47. The monoisotopic (exact) mass is 231 g/mol. The molecule has 90 valence electrons. The summed E-state index contributed by atoms with van der Waals surface area (Å²) >= 11 is 0. The molecule has 1 aromatic heterocycles. The van der Waals surface area contributed by atoms with Gasteiger partial charge >= 0.3 is 0 Å². The fourth-order valence-electron chi connectivity index (χ4n) is 2.51. The zero-order chi connectivity index (χ0) is 11.7. The fourth-order valence-corrected chi connectivity index (χ4v) is 2.51. The van der Waals surface area contributed by atoms with Crippen LogP contribution >= 0.6 is 0 Å². The molecule has 4 nitrogen and oxygen atoms in total. The molecule has 0 unspecified atom stereocenters. The summed E-state index contributed by atoms with van der Waals surface area (Å²) in [5.74, 6) is 0.869. The van der Waals surface area contributed by atoms with Gasteiger partial charge in [0.25, 0.3) is 0 Å². The summed E-state index contributed by atoms with van der Waals surface area (Å²) in [6.07, 6.45) is 4.31. The van der Waals surface area contributed by atoms with E-state index in [-0.39, 0.29) is 0 Å². The highest BCUT2D eigenvalue weighted by atomic mass is 16.5. The number of imidazole rings is 1. The summed E-state index contributed by atoms with van der Waals surface area (Å²) in [7, 11) is 1.69. The van der Waals surface area contributed by atoms with Crippen molar-refractivity contribution in [3.05, 3.63) is 24.5 Å². The highest BCUT2D eigenvalue weighted by Crippen LogP contribution is 2.26. The number of rotatable bonds is 2. The number of hydrogen-bond acceptors (Lipinski definition) is 3. The normalized spacial score (nSPS) is 17.5. The van der Waals surface area contributed by atoms with Crippen LogP contribution < -0.4 is 10.1 Å². The molecule has 1 N–H and O–H groups in total. The van der Waals surface area contributed by atoms with E-state index in [4.69, 9.17) is 4.74 Å². The van der Waals surface area contributed by atoms with Gasteiger partial charge < -0.3 is 14.6 Å². The second-order valence-corrected chi connectivity index (χ2v) is 4.49. The minimum absolute atomic E-state index is 0.578. The van der Waals surface area contributed by atoms with Gasteiger partial charge in [0.05, 0.1) is 24.5 Å². The maximum atomic E-state index is 5.22. The Morgan fingerprint density at radius 2 is 2.18 bits per heavy atom. The Kier molecular flexibility index (Phi) is 2.73. The van der Waals surface area contributed by atoms with Crippen LogP contribution in [-0.4, -0.2) is 29.8 Å². The lowest BCUT2D eigenvalue weighted by molar-refractivity contribution is 0.374. The molecule has 2 aromatic rings. The molecule has 0 saturated carbocycles. The first-order chi connectivity index (χ1) is 8.38. The zero-order valence-corrected chi connectivity index (χ0v) is 10.0. The summed E-state index contributed by atoms with van der Waals surface area (Å²) in [5.41, 5.74) is 2.22. The molecule has 3 rings (SSSR count). The summed E-state index contributed by atoms with van der Waals surface area (Å²) in [6, 6.07) is 6.67. The number of benzene rings is 1. The molecular weight excluding hydrogens is 214 g/mol. The Labute approximate surface area is 101 Å². The molecule has 1 aliphatic rings. The van der Waals surface area contributed by atoms with Gasteiger partial charge in [0, 0.05) is 12.1 Å². The summed E-state index contributed by atoms with van der Waals surface area (Å²) in [5, 5.41) is 3.39. The third-order valence-corrected chi connectivity index (χ3v) is 3.48.